The summed E-state index contributed by atoms with van der Waals surface area (Å²) in [6.07, 6.45) is 4.59. The van der Waals surface area contributed by atoms with Crippen molar-refractivity contribution in [1.29, 1.82) is 0 Å². The van der Waals surface area contributed by atoms with Crippen molar-refractivity contribution in [2.45, 2.75) is 51.0 Å². The highest BCUT2D eigenvalue weighted by Crippen LogP contribution is 2.28. The molecule has 2 aromatic rings. The molecule has 8 heteroatoms. The fourth-order valence-corrected chi connectivity index (χ4v) is 3.94. The normalized spacial score (nSPS) is 12.0. The molecule has 0 fully saturated rings. The molecule has 1 N–H and O–H groups in total. The lowest BCUT2D eigenvalue weighted by atomic mass is 10.0. The van der Waals surface area contributed by atoms with Gasteiger partial charge < -0.3 is 9.84 Å². The van der Waals surface area contributed by atoms with Crippen LogP contribution in [-0.4, -0.2) is 39.2 Å². The van der Waals surface area contributed by atoms with Crippen LogP contribution in [0.25, 0.3) is 5.69 Å². The minimum atomic E-state index is -1.12. The molecule has 2 rings (SSSR count). The summed E-state index contributed by atoms with van der Waals surface area (Å²) < 4.78 is 6.92. The van der Waals surface area contributed by atoms with Crippen molar-refractivity contribution in [3.63, 3.8) is 0 Å². The fraction of sp³-hybridized carbons (Fsp3) is 0.476. The number of carboxylic acid groups (broad SMARTS) is 1. The fourth-order valence-electron chi connectivity index (χ4n) is 2.79. The van der Waals surface area contributed by atoms with Crippen molar-refractivity contribution in [2.75, 3.05) is 12.4 Å². The van der Waals surface area contributed by atoms with Crippen LogP contribution in [0, 0.1) is 5.92 Å². The first-order valence-corrected chi connectivity index (χ1v) is 11.2. The van der Waals surface area contributed by atoms with E-state index in [4.69, 9.17) is 16.3 Å². The van der Waals surface area contributed by atoms with Crippen LogP contribution >= 0.6 is 23.4 Å². The summed E-state index contributed by atoms with van der Waals surface area (Å²) in [7, 11) is 0. The van der Waals surface area contributed by atoms with Crippen molar-refractivity contribution >= 4 is 35.3 Å². The van der Waals surface area contributed by atoms with E-state index in [1.807, 2.05) is 0 Å². The molecule has 0 aliphatic carbocycles. The van der Waals surface area contributed by atoms with Gasteiger partial charge in [-0.05, 0) is 24.5 Å². The Morgan fingerprint density at radius 2 is 2.07 bits per heavy atom. The van der Waals surface area contributed by atoms with Crippen molar-refractivity contribution in [3.05, 3.63) is 41.0 Å². The van der Waals surface area contributed by atoms with Gasteiger partial charge in [-0.15, -0.1) is 11.8 Å². The topological polar surface area (TPSA) is 81.4 Å². The second kappa shape index (κ2) is 11.9. The Labute approximate surface area is 180 Å². The standard InChI is InChI=1S/C21H27ClN2O4S/c1-3-5-8-15(4-2)14-28-20(25)11-12-29-19-13-17(21(26)27)23-24(19)18-10-7-6-9-16(18)22/h6-7,9-10,13,15H,3-5,8,11-12,14H2,1-2H3,(H,26,27). The molecule has 1 atom stereocenters. The molecule has 1 heterocycles. The third kappa shape index (κ3) is 7.08. The van der Waals surface area contributed by atoms with Gasteiger partial charge in [0.15, 0.2) is 5.69 Å². The van der Waals surface area contributed by atoms with Gasteiger partial charge in [0, 0.05) is 11.8 Å². The number of para-hydroxylation sites is 1. The van der Waals surface area contributed by atoms with E-state index in [1.54, 1.807) is 24.3 Å². The smallest absolute Gasteiger partial charge is 0.356 e. The zero-order valence-electron chi connectivity index (χ0n) is 16.8. The molecule has 0 saturated heterocycles. The van der Waals surface area contributed by atoms with Gasteiger partial charge in [-0.1, -0.05) is 56.8 Å². The van der Waals surface area contributed by atoms with Crippen LogP contribution in [0.2, 0.25) is 5.02 Å². The van der Waals surface area contributed by atoms with Crippen LogP contribution < -0.4 is 0 Å². The predicted octanol–water partition coefficient (Wildman–Crippen LogP) is 5.47. The van der Waals surface area contributed by atoms with Crippen molar-refractivity contribution in [1.82, 2.24) is 9.78 Å². The molecule has 0 bridgehead atoms. The third-order valence-electron chi connectivity index (χ3n) is 4.56. The van der Waals surface area contributed by atoms with Crippen LogP contribution in [-0.2, 0) is 9.53 Å². The Morgan fingerprint density at radius 1 is 1.31 bits per heavy atom. The first-order valence-electron chi connectivity index (χ1n) is 9.82. The van der Waals surface area contributed by atoms with Crippen molar-refractivity contribution < 1.29 is 19.4 Å². The average Bonchev–Trinajstić information content (AvgIpc) is 3.13. The van der Waals surface area contributed by atoms with Gasteiger partial charge in [-0.2, -0.15) is 5.10 Å². The van der Waals surface area contributed by atoms with Gasteiger partial charge in [0.1, 0.15) is 5.03 Å². The maximum absolute atomic E-state index is 12.1. The lowest BCUT2D eigenvalue weighted by molar-refractivity contribution is -0.144. The zero-order valence-corrected chi connectivity index (χ0v) is 18.3. The molecule has 1 aromatic carbocycles. The summed E-state index contributed by atoms with van der Waals surface area (Å²) in [6.45, 7) is 4.72. The van der Waals surface area contributed by atoms with Crippen LogP contribution in [0.5, 0.6) is 0 Å². The molecule has 0 spiro atoms. The number of benzene rings is 1. The Morgan fingerprint density at radius 3 is 2.72 bits per heavy atom. The molecule has 158 valence electrons. The second-order valence-electron chi connectivity index (χ2n) is 6.73. The third-order valence-corrected chi connectivity index (χ3v) is 5.87. The number of carboxylic acids is 1. The first-order chi connectivity index (χ1) is 14.0. The monoisotopic (exact) mass is 438 g/mol. The molecule has 0 aliphatic heterocycles. The molecule has 0 amide bonds. The molecule has 6 nitrogen and oxygen atoms in total. The van der Waals surface area contributed by atoms with Gasteiger partial charge in [0.25, 0.3) is 0 Å². The summed E-state index contributed by atoms with van der Waals surface area (Å²) in [5.41, 5.74) is 0.519. The lowest BCUT2D eigenvalue weighted by Gasteiger charge is -2.14. The van der Waals surface area contributed by atoms with Crippen molar-refractivity contribution in [2.24, 2.45) is 5.92 Å². The SMILES string of the molecule is CCCCC(CC)COC(=O)CCSc1cc(C(=O)O)nn1-c1ccccc1Cl. The van der Waals surface area contributed by atoms with Gasteiger partial charge in [-0.3, -0.25) is 4.79 Å². The minimum absolute atomic E-state index is 0.0725. The summed E-state index contributed by atoms with van der Waals surface area (Å²) in [5.74, 6) is -0.490. The van der Waals surface area contributed by atoms with E-state index in [9.17, 15) is 14.7 Å². The first kappa shape index (κ1) is 23.3. The summed E-state index contributed by atoms with van der Waals surface area (Å²) in [4.78, 5) is 23.4. The quantitative estimate of drug-likeness (QED) is 0.349. The number of esters is 1. The van der Waals surface area contributed by atoms with E-state index in [1.165, 1.54) is 22.5 Å². The van der Waals surface area contributed by atoms with E-state index in [2.05, 4.69) is 18.9 Å². The molecule has 29 heavy (non-hydrogen) atoms. The molecular formula is C21H27ClN2O4S. The molecule has 0 saturated carbocycles. The van der Waals surface area contributed by atoms with Gasteiger partial charge in [0.2, 0.25) is 0 Å². The average molecular weight is 439 g/mol. The molecule has 0 aliphatic rings. The van der Waals surface area contributed by atoms with E-state index in [0.29, 0.717) is 34.0 Å². The summed E-state index contributed by atoms with van der Waals surface area (Å²) in [5, 5.41) is 14.5. The Balaban J connectivity index is 1.95. The minimum Gasteiger partial charge on any atom is -0.476 e. The van der Waals surface area contributed by atoms with Gasteiger partial charge in [-0.25, -0.2) is 9.48 Å². The highest BCUT2D eigenvalue weighted by molar-refractivity contribution is 7.99. The van der Waals surface area contributed by atoms with Crippen LogP contribution in [0.3, 0.4) is 0 Å². The number of nitrogens with zero attached hydrogens (tertiary/aromatic N) is 2. The number of aromatic carboxylic acids is 1. The number of aromatic nitrogens is 2. The van der Waals surface area contributed by atoms with Gasteiger partial charge >= 0.3 is 11.9 Å². The molecule has 1 unspecified atom stereocenters. The van der Waals surface area contributed by atoms with E-state index in [-0.39, 0.29) is 18.1 Å². The number of thioether (sulfide) groups is 1. The number of rotatable bonds is 12. The van der Waals surface area contributed by atoms with Crippen LogP contribution in [0.4, 0.5) is 0 Å². The maximum atomic E-state index is 12.1. The number of hydrogen-bond acceptors (Lipinski definition) is 5. The number of carbonyl (C=O) groups excluding carboxylic acids is 1. The summed E-state index contributed by atoms with van der Waals surface area (Å²) >= 11 is 7.58. The number of carbonyl (C=O) groups is 2. The van der Waals surface area contributed by atoms with Gasteiger partial charge in [0.05, 0.1) is 23.7 Å². The second-order valence-corrected chi connectivity index (χ2v) is 8.26. The lowest BCUT2D eigenvalue weighted by Crippen LogP contribution is -2.14. The highest BCUT2D eigenvalue weighted by Gasteiger charge is 2.17. The molecule has 1 aromatic heterocycles. The van der Waals surface area contributed by atoms with Crippen molar-refractivity contribution in [3.8, 4) is 5.69 Å². The number of halogens is 1. The largest absolute Gasteiger partial charge is 0.476 e. The summed E-state index contributed by atoms with van der Waals surface area (Å²) in [6, 6.07) is 8.56. The Bertz CT molecular complexity index is 825. The zero-order chi connectivity index (χ0) is 21.2. The highest BCUT2D eigenvalue weighted by atomic mass is 35.5. The number of hydrogen-bond donors (Lipinski definition) is 1. The van der Waals surface area contributed by atoms with Crippen LogP contribution in [0.1, 0.15) is 56.4 Å². The number of unbranched alkanes of at least 4 members (excludes halogenated alkanes) is 1. The van der Waals surface area contributed by atoms with E-state index >= 15 is 0 Å². The Kier molecular flexibility index (Phi) is 9.54. The Hall–Kier alpha value is -1.99. The molecule has 0 radical (unpaired) electrons. The van der Waals surface area contributed by atoms with E-state index in [0.717, 1.165) is 25.7 Å². The number of ether oxygens (including phenoxy) is 1. The van der Waals surface area contributed by atoms with Crippen LogP contribution in [0.15, 0.2) is 35.4 Å². The maximum Gasteiger partial charge on any atom is 0.356 e. The van der Waals surface area contributed by atoms with E-state index < -0.39 is 5.97 Å². The predicted molar refractivity (Wildman–Crippen MR) is 115 cm³/mol. The molecular weight excluding hydrogens is 412 g/mol.